The van der Waals surface area contributed by atoms with Gasteiger partial charge in [-0.25, -0.2) is 15.2 Å². The Morgan fingerprint density at radius 1 is 0.953 bits per heavy atom. The Morgan fingerprint density at radius 3 is 1.86 bits per heavy atom. The van der Waals surface area contributed by atoms with Crippen LogP contribution in [0, 0.1) is 16.6 Å². The summed E-state index contributed by atoms with van der Waals surface area (Å²) in [6, 6.07) is 3.65. The number of nitrogens with zero attached hydrogens (tertiary/aromatic N) is 5. The zero-order chi connectivity index (χ0) is 33.7. The van der Waals surface area contributed by atoms with Gasteiger partial charge in [0.1, 0.15) is 0 Å². The molecule has 1 amide bonds. The van der Waals surface area contributed by atoms with E-state index in [1.54, 1.807) is 18.6 Å². The Hall–Kier alpha value is -2.70. The highest BCUT2D eigenvalue weighted by Crippen LogP contribution is 2.45. The highest BCUT2D eigenvalue weighted by atomic mass is 35.5. The molecule has 2 aliphatic rings. The molecule has 0 spiro atoms. The smallest absolute Gasteiger partial charge is 0.321 e. The lowest BCUT2D eigenvalue weighted by molar-refractivity contribution is -0.120. The van der Waals surface area contributed by atoms with Crippen LogP contribution in [0.25, 0.3) is 0 Å². The van der Waals surface area contributed by atoms with Gasteiger partial charge in [0.15, 0.2) is 0 Å². The minimum atomic E-state index is -0.184. The molecule has 0 bridgehead atoms. The molecule has 0 unspecified atom stereocenters. The number of carbonyl (C=O) groups is 1. The normalized spacial score (nSPS) is 13.3. The first-order chi connectivity index (χ1) is 20.9. The molecule has 1 aliphatic carbocycles. The fourth-order valence-corrected chi connectivity index (χ4v) is 3.79. The predicted molar refractivity (Wildman–Crippen MR) is 190 cm³/mol. The van der Waals surface area contributed by atoms with E-state index in [9.17, 15) is 4.79 Å². The summed E-state index contributed by atoms with van der Waals surface area (Å²) >= 11 is 5.74. The number of halogens is 1. The Bertz CT molecular complexity index is 941. The van der Waals surface area contributed by atoms with Crippen LogP contribution in [0.15, 0.2) is 30.7 Å². The molecule has 244 valence electrons. The van der Waals surface area contributed by atoms with Crippen LogP contribution in [0.4, 0.5) is 11.6 Å². The van der Waals surface area contributed by atoms with E-state index in [4.69, 9.17) is 16.9 Å². The van der Waals surface area contributed by atoms with Crippen molar-refractivity contribution in [3.63, 3.8) is 0 Å². The molecule has 2 aromatic rings. The summed E-state index contributed by atoms with van der Waals surface area (Å²) in [5.41, 5.74) is 5.80. The quantitative estimate of drug-likeness (QED) is 0.313. The lowest BCUT2D eigenvalue weighted by atomic mass is 9.46. The van der Waals surface area contributed by atoms with Gasteiger partial charge in [-0.1, -0.05) is 106 Å². The van der Waals surface area contributed by atoms with Gasteiger partial charge in [0.25, 0.3) is 0 Å². The maximum absolute atomic E-state index is 11.9. The number of rotatable bonds is 6. The van der Waals surface area contributed by atoms with E-state index in [0.29, 0.717) is 10.7 Å². The van der Waals surface area contributed by atoms with Gasteiger partial charge in [0.2, 0.25) is 11.9 Å². The van der Waals surface area contributed by atoms with Crippen LogP contribution >= 0.6 is 11.6 Å². The molecule has 1 saturated heterocycles. The SMILES string of the molecule is CC.CC.CC.CC.CCCB(C#N)c1ccc(NC(=O)C2(C)CC2)cn1.CN.Clc1cnc(N2CCCCCC2)nc1. The summed E-state index contributed by atoms with van der Waals surface area (Å²) < 4.78 is 0. The Morgan fingerprint density at radius 2 is 1.47 bits per heavy atom. The van der Waals surface area contributed by atoms with Gasteiger partial charge in [-0.2, -0.15) is 0 Å². The first-order valence-corrected chi connectivity index (χ1v) is 16.8. The van der Waals surface area contributed by atoms with Crippen LogP contribution in [0.3, 0.4) is 0 Å². The third-order valence-corrected chi connectivity index (χ3v) is 6.37. The van der Waals surface area contributed by atoms with Crippen molar-refractivity contribution >= 4 is 41.4 Å². The van der Waals surface area contributed by atoms with Crippen molar-refractivity contribution in [1.29, 1.82) is 5.26 Å². The lowest BCUT2D eigenvalue weighted by Gasteiger charge is -2.19. The van der Waals surface area contributed by atoms with E-state index in [1.165, 1.54) is 32.7 Å². The van der Waals surface area contributed by atoms with Crippen molar-refractivity contribution in [3.05, 3.63) is 35.7 Å². The number of pyridine rings is 1. The van der Waals surface area contributed by atoms with Gasteiger partial charge < -0.3 is 16.0 Å². The summed E-state index contributed by atoms with van der Waals surface area (Å²) in [6.45, 7) is 22.0. The van der Waals surface area contributed by atoms with E-state index in [1.807, 2.05) is 74.4 Å². The summed E-state index contributed by atoms with van der Waals surface area (Å²) in [4.78, 5) is 26.9. The van der Waals surface area contributed by atoms with E-state index < -0.39 is 0 Å². The summed E-state index contributed by atoms with van der Waals surface area (Å²) in [6.07, 6.45) is 13.8. The van der Waals surface area contributed by atoms with Crippen molar-refractivity contribution in [3.8, 4) is 5.97 Å². The molecule has 2 fully saturated rings. The zero-order valence-electron chi connectivity index (χ0n) is 29.1. The lowest BCUT2D eigenvalue weighted by Crippen LogP contribution is -2.31. The molecule has 1 aliphatic heterocycles. The zero-order valence-corrected chi connectivity index (χ0v) is 29.9. The fourth-order valence-electron chi connectivity index (χ4n) is 3.69. The molecule has 0 aromatic carbocycles. The molecule has 10 heteroatoms. The number of aromatic nitrogens is 3. The van der Waals surface area contributed by atoms with Crippen LogP contribution in [0.1, 0.15) is 114 Å². The summed E-state index contributed by atoms with van der Waals surface area (Å²) in [7, 11) is 1.50. The second kappa shape index (κ2) is 29.4. The molecule has 8 nitrogen and oxygen atoms in total. The third kappa shape index (κ3) is 18.5. The number of hydrogen-bond donors (Lipinski definition) is 2. The minimum Gasteiger partial charge on any atom is -0.341 e. The number of carbonyl (C=O) groups excluding carboxylic acids is 1. The molecule has 0 radical (unpaired) electrons. The van der Waals surface area contributed by atoms with Crippen LogP contribution in [0.5, 0.6) is 0 Å². The highest BCUT2D eigenvalue weighted by molar-refractivity contribution is 6.79. The van der Waals surface area contributed by atoms with E-state index in [2.05, 4.69) is 43.8 Å². The van der Waals surface area contributed by atoms with E-state index in [-0.39, 0.29) is 18.0 Å². The number of nitriles is 1. The van der Waals surface area contributed by atoms with Gasteiger partial charge in [-0.3, -0.25) is 9.78 Å². The molecule has 4 rings (SSSR count). The Kier molecular flexibility index (Phi) is 30.6. The molecule has 1 saturated carbocycles. The van der Waals surface area contributed by atoms with Crippen molar-refractivity contribution in [2.75, 3.05) is 30.4 Å². The van der Waals surface area contributed by atoms with Gasteiger partial charge in [0, 0.05) is 36.3 Å². The number of nitrogens with one attached hydrogen (secondary N) is 1. The number of anilines is 2. The summed E-state index contributed by atoms with van der Waals surface area (Å²) in [5.74, 6) is 3.14. The summed E-state index contributed by atoms with van der Waals surface area (Å²) in [5, 5.41) is 12.6. The largest absolute Gasteiger partial charge is 0.341 e. The van der Waals surface area contributed by atoms with Crippen molar-refractivity contribution < 1.29 is 4.79 Å². The first-order valence-electron chi connectivity index (χ1n) is 16.4. The van der Waals surface area contributed by atoms with Crippen LogP contribution in [-0.4, -0.2) is 47.7 Å². The van der Waals surface area contributed by atoms with Crippen molar-refractivity contribution in [2.24, 2.45) is 11.1 Å². The highest BCUT2D eigenvalue weighted by Gasteiger charge is 2.44. The first kappa shape index (κ1) is 44.7. The van der Waals surface area contributed by atoms with Gasteiger partial charge >= 0.3 is 6.71 Å². The van der Waals surface area contributed by atoms with Crippen LogP contribution < -0.4 is 21.5 Å². The van der Waals surface area contributed by atoms with Crippen molar-refractivity contribution in [2.45, 2.75) is 121 Å². The number of nitrogens with two attached hydrogens (primary N) is 1. The molecule has 2 aromatic heterocycles. The Balaban J connectivity index is -0.000000589. The second-order valence-corrected chi connectivity index (χ2v) is 9.50. The third-order valence-electron chi connectivity index (χ3n) is 6.18. The standard InChI is InChI=1S/C14H18BN3O.C10H14ClN3.4C2H6.CH5N/c1-3-8-15(10-16)12-5-4-11(9-17-12)18-13(19)14(2)6-7-14;11-9-7-12-10(13-8-9)14-5-3-1-2-4-6-14;5*1-2/h4-5,9H,3,6-8H2,1-2H3,(H,18,19);7-8H,1-6H2;4*1-2H3;2H2,1H3. The van der Waals surface area contributed by atoms with Gasteiger partial charge in [-0.05, 0) is 44.9 Å². The second-order valence-electron chi connectivity index (χ2n) is 9.06. The van der Waals surface area contributed by atoms with E-state index in [0.717, 1.165) is 50.2 Å². The van der Waals surface area contributed by atoms with Crippen LogP contribution in [-0.2, 0) is 4.79 Å². The predicted octanol–water partition coefficient (Wildman–Crippen LogP) is 8.18. The molecule has 3 N–H and O–H groups in total. The monoisotopic (exact) mass is 617 g/mol. The molecular weight excluding hydrogens is 557 g/mol. The molecule has 43 heavy (non-hydrogen) atoms. The molecular formula is C33H61BClN7O. The maximum atomic E-state index is 11.9. The average Bonchev–Trinajstić information content (AvgIpc) is 3.89. The number of hydrogen-bond acceptors (Lipinski definition) is 7. The van der Waals surface area contributed by atoms with Crippen LogP contribution in [0.2, 0.25) is 11.3 Å². The van der Waals surface area contributed by atoms with E-state index >= 15 is 0 Å². The maximum Gasteiger partial charge on any atom is 0.321 e. The van der Waals surface area contributed by atoms with Gasteiger partial charge in [-0.15, -0.1) is 0 Å². The Labute approximate surface area is 269 Å². The fraction of sp³-hybridized carbons (Fsp3) is 0.667. The number of amides is 1. The van der Waals surface area contributed by atoms with Crippen molar-refractivity contribution in [1.82, 2.24) is 15.0 Å². The minimum absolute atomic E-state index is 0.0624. The average molecular weight is 618 g/mol. The topological polar surface area (TPSA) is 121 Å². The van der Waals surface area contributed by atoms with Gasteiger partial charge in [0.05, 0.1) is 23.1 Å². The molecule has 3 heterocycles. The molecule has 0 atom stereocenters.